The number of carboxylic acids is 1. The molecule has 1 aromatic rings. The van der Waals surface area contributed by atoms with Crippen molar-refractivity contribution < 1.29 is 24.1 Å². The Bertz CT molecular complexity index is 478. The zero-order chi connectivity index (χ0) is 14.6. The second kappa shape index (κ2) is 6.49. The lowest BCUT2D eigenvalue weighted by atomic mass is 10.0. The van der Waals surface area contributed by atoms with Crippen molar-refractivity contribution in [2.75, 3.05) is 21.3 Å². The number of nitrogens with two attached hydrogens (primary N) is 1. The molecule has 0 radical (unpaired) electrons. The number of aliphatic carboxylic acids is 1. The molecule has 106 valence electrons. The van der Waals surface area contributed by atoms with Crippen LogP contribution in [0.25, 0.3) is 0 Å². The summed E-state index contributed by atoms with van der Waals surface area (Å²) in [5, 5.41) is 9.07. The SMILES string of the molecule is COc1cc(Cl)c(C(N)CC(=O)O)c(OC)c1OC. The van der Waals surface area contributed by atoms with Crippen molar-refractivity contribution in [3.05, 3.63) is 16.7 Å². The van der Waals surface area contributed by atoms with Crippen LogP contribution in [0.15, 0.2) is 6.07 Å². The number of hydrogen-bond donors (Lipinski definition) is 2. The van der Waals surface area contributed by atoms with Crippen LogP contribution in [0.3, 0.4) is 0 Å². The largest absolute Gasteiger partial charge is 0.493 e. The Labute approximate surface area is 116 Å². The maximum Gasteiger partial charge on any atom is 0.305 e. The van der Waals surface area contributed by atoms with E-state index in [1.165, 1.54) is 27.4 Å². The van der Waals surface area contributed by atoms with Crippen molar-refractivity contribution in [1.82, 2.24) is 0 Å². The summed E-state index contributed by atoms with van der Waals surface area (Å²) in [6.07, 6.45) is -0.272. The van der Waals surface area contributed by atoms with Crippen LogP contribution in [0.4, 0.5) is 0 Å². The van der Waals surface area contributed by atoms with Gasteiger partial charge < -0.3 is 25.1 Å². The maximum atomic E-state index is 10.8. The van der Waals surface area contributed by atoms with E-state index in [9.17, 15) is 4.79 Å². The van der Waals surface area contributed by atoms with Gasteiger partial charge in [-0.05, 0) is 0 Å². The summed E-state index contributed by atoms with van der Waals surface area (Å²) in [6.45, 7) is 0. The van der Waals surface area contributed by atoms with Gasteiger partial charge in [0.1, 0.15) is 0 Å². The lowest BCUT2D eigenvalue weighted by Crippen LogP contribution is -2.17. The lowest BCUT2D eigenvalue weighted by molar-refractivity contribution is -0.137. The number of methoxy groups -OCH3 is 3. The molecule has 19 heavy (non-hydrogen) atoms. The number of ether oxygens (including phenoxy) is 3. The van der Waals surface area contributed by atoms with E-state index in [-0.39, 0.29) is 17.2 Å². The molecule has 1 atom stereocenters. The summed E-state index contributed by atoms with van der Waals surface area (Å²) in [4.78, 5) is 10.8. The third kappa shape index (κ3) is 3.21. The quantitative estimate of drug-likeness (QED) is 0.830. The highest BCUT2D eigenvalue weighted by molar-refractivity contribution is 6.32. The predicted octanol–water partition coefficient (Wildman–Crippen LogP) is 1.84. The number of benzene rings is 1. The van der Waals surface area contributed by atoms with E-state index in [0.29, 0.717) is 17.1 Å². The summed E-state index contributed by atoms with van der Waals surface area (Å²) >= 11 is 6.11. The Balaban J connectivity index is 3.41. The minimum Gasteiger partial charge on any atom is -0.493 e. The van der Waals surface area contributed by atoms with E-state index in [1.807, 2.05) is 0 Å². The number of hydrogen-bond acceptors (Lipinski definition) is 5. The summed E-state index contributed by atoms with van der Waals surface area (Å²) in [5.41, 5.74) is 6.23. The molecule has 1 unspecified atom stereocenters. The summed E-state index contributed by atoms with van der Waals surface area (Å²) in [6, 6.07) is 0.708. The molecule has 0 aliphatic carbocycles. The van der Waals surface area contributed by atoms with Gasteiger partial charge in [-0.15, -0.1) is 0 Å². The molecule has 0 aromatic heterocycles. The van der Waals surface area contributed by atoms with Crippen LogP contribution in [0.2, 0.25) is 5.02 Å². The number of carboxylic acid groups (broad SMARTS) is 1. The first kappa shape index (κ1) is 15.4. The molecule has 1 aromatic carbocycles. The van der Waals surface area contributed by atoms with Crippen molar-refractivity contribution in [1.29, 1.82) is 0 Å². The molecule has 0 saturated heterocycles. The molecular formula is C12H16ClNO5. The van der Waals surface area contributed by atoms with Crippen molar-refractivity contribution in [2.45, 2.75) is 12.5 Å². The Morgan fingerprint density at radius 2 is 1.89 bits per heavy atom. The lowest BCUT2D eigenvalue weighted by Gasteiger charge is -2.20. The molecule has 1 rings (SSSR count). The third-order valence-corrected chi connectivity index (χ3v) is 2.90. The second-order valence-electron chi connectivity index (χ2n) is 3.75. The topological polar surface area (TPSA) is 91.0 Å². The van der Waals surface area contributed by atoms with Crippen LogP contribution < -0.4 is 19.9 Å². The molecule has 0 heterocycles. The van der Waals surface area contributed by atoms with Gasteiger partial charge in [0.15, 0.2) is 11.5 Å². The Hall–Kier alpha value is -1.66. The Morgan fingerprint density at radius 3 is 2.32 bits per heavy atom. The first-order chi connectivity index (χ1) is 8.96. The fraction of sp³-hybridized carbons (Fsp3) is 0.417. The first-order valence-corrected chi connectivity index (χ1v) is 5.79. The van der Waals surface area contributed by atoms with Gasteiger partial charge >= 0.3 is 5.97 Å². The predicted molar refractivity (Wildman–Crippen MR) is 70.3 cm³/mol. The van der Waals surface area contributed by atoms with Gasteiger partial charge in [-0.2, -0.15) is 0 Å². The molecule has 0 fully saturated rings. The molecule has 0 spiro atoms. The van der Waals surface area contributed by atoms with E-state index in [0.717, 1.165) is 0 Å². The molecule has 0 aliphatic heterocycles. The average molecular weight is 290 g/mol. The normalized spacial score (nSPS) is 11.8. The van der Waals surface area contributed by atoms with Gasteiger partial charge in [-0.1, -0.05) is 11.6 Å². The van der Waals surface area contributed by atoms with Gasteiger partial charge in [0.2, 0.25) is 5.75 Å². The van der Waals surface area contributed by atoms with Crippen molar-refractivity contribution >= 4 is 17.6 Å². The van der Waals surface area contributed by atoms with Crippen molar-refractivity contribution in [2.24, 2.45) is 5.73 Å². The molecule has 0 aliphatic rings. The molecule has 7 heteroatoms. The van der Waals surface area contributed by atoms with Crippen LogP contribution in [-0.2, 0) is 4.79 Å². The van der Waals surface area contributed by atoms with Gasteiger partial charge in [-0.25, -0.2) is 0 Å². The van der Waals surface area contributed by atoms with Crippen molar-refractivity contribution in [3.63, 3.8) is 0 Å². The minimum absolute atomic E-state index is 0.267. The average Bonchev–Trinajstić information content (AvgIpc) is 2.35. The van der Waals surface area contributed by atoms with E-state index in [1.54, 1.807) is 0 Å². The van der Waals surface area contributed by atoms with Crippen LogP contribution in [0.1, 0.15) is 18.0 Å². The van der Waals surface area contributed by atoms with Crippen LogP contribution in [0, 0.1) is 0 Å². The number of rotatable bonds is 6. The summed E-state index contributed by atoms with van der Waals surface area (Å²) in [7, 11) is 4.33. The Kier molecular flexibility index (Phi) is 5.26. The zero-order valence-corrected chi connectivity index (χ0v) is 11.7. The highest BCUT2D eigenvalue weighted by Crippen LogP contribution is 2.46. The molecule has 0 saturated carbocycles. The number of carbonyl (C=O) groups is 1. The minimum atomic E-state index is -1.03. The third-order valence-electron chi connectivity index (χ3n) is 2.58. The van der Waals surface area contributed by atoms with Crippen LogP contribution >= 0.6 is 11.6 Å². The monoisotopic (exact) mass is 289 g/mol. The smallest absolute Gasteiger partial charge is 0.305 e. The van der Waals surface area contributed by atoms with E-state index < -0.39 is 12.0 Å². The van der Waals surface area contributed by atoms with Gasteiger partial charge in [0, 0.05) is 17.7 Å². The fourth-order valence-corrected chi connectivity index (χ4v) is 2.11. The molecule has 6 nitrogen and oxygen atoms in total. The summed E-state index contributed by atoms with van der Waals surface area (Å²) < 4.78 is 15.6. The van der Waals surface area contributed by atoms with Crippen molar-refractivity contribution in [3.8, 4) is 17.2 Å². The van der Waals surface area contributed by atoms with Gasteiger partial charge in [-0.3, -0.25) is 4.79 Å². The van der Waals surface area contributed by atoms with E-state index in [2.05, 4.69) is 0 Å². The van der Waals surface area contributed by atoms with Gasteiger partial charge in [0.25, 0.3) is 0 Å². The molecular weight excluding hydrogens is 274 g/mol. The highest BCUT2D eigenvalue weighted by Gasteiger charge is 2.25. The zero-order valence-electron chi connectivity index (χ0n) is 10.9. The van der Waals surface area contributed by atoms with Gasteiger partial charge in [0.05, 0.1) is 32.8 Å². The second-order valence-corrected chi connectivity index (χ2v) is 4.15. The standard InChI is InChI=1S/C12H16ClNO5/c1-17-8-4-6(13)10(7(14)5-9(15)16)12(19-3)11(8)18-2/h4,7H,5,14H2,1-3H3,(H,15,16). The maximum absolute atomic E-state index is 10.8. The number of halogens is 1. The molecule has 3 N–H and O–H groups in total. The summed E-state index contributed by atoms with van der Waals surface area (Å²) in [5.74, 6) is -0.0399. The van der Waals surface area contributed by atoms with E-state index >= 15 is 0 Å². The van der Waals surface area contributed by atoms with Crippen LogP contribution in [0.5, 0.6) is 17.2 Å². The molecule has 0 bridgehead atoms. The van der Waals surface area contributed by atoms with Crippen LogP contribution in [-0.4, -0.2) is 32.4 Å². The first-order valence-electron chi connectivity index (χ1n) is 5.41. The molecule has 0 amide bonds. The van der Waals surface area contributed by atoms with E-state index in [4.69, 9.17) is 36.7 Å². The highest BCUT2D eigenvalue weighted by atomic mass is 35.5. The Morgan fingerprint density at radius 1 is 1.32 bits per heavy atom. The fourth-order valence-electron chi connectivity index (χ4n) is 1.78.